The molecule has 0 fully saturated rings. The second-order valence-corrected chi connectivity index (χ2v) is 7.79. The number of para-hydroxylation sites is 2. The molecule has 5 nitrogen and oxygen atoms in total. The minimum atomic E-state index is -3.96. The molecule has 6 heteroatoms. The van der Waals surface area contributed by atoms with E-state index < -0.39 is 13.4 Å². The van der Waals surface area contributed by atoms with Gasteiger partial charge in [-0.05, 0) is 36.8 Å². The van der Waals surface area contributed by atoms with Crippen molar-refractivity contribution in [2.24, 2.45) is 4.99 Å². The molecule has 1 atom stereocenters. The van der Waals surface area contributed by atoms with Gasteiger partial charge in [0, 0.05) is 0 Å². The summed E-state index contributed by atoms with van der Waals surface area (Å²) >= 11 is 0. The molecule has 3 rings (SSSR count). The smallest absolute Gasteiger partial charge is 0.414 e. The number of rotatable bonds is 7. The van der Waals surface area contributed by atoms with Gasteiger partial charge in [0.05, 0.1) is 0 Å². The average molecular weight is 379 g/mol. The summed E-state index contributed by atoms with van der Waals surface area (Å²) in [5.74, 6) is -0.430. The molecule has 0 radical (unpaired) electrons. The normalized spacial score (nSPS) is 11.9. The summed E-state index contributed by atoms with van der Waals surface area (Å²) in [6.45, 7) is 1.93. The molecule has 0 spiro atoms. The molecule has 0 aliphatic carbocycles. The Kier molecular flexibility index (Phi) is 5.87. The summed E-state index contributed by atoms with van der Waals surface area (Å²) in [6, 6.07) is 24.5. The highest BCUT2D eigenvalue weighted by Gasteiger charge is 2.41. The molecule has 3 aromatic rings. The molecule has 0 amide bonds. The molecule has 0 aromatic heterocycles. The third-order valence-electron chi connectivity index (χ3n) is 3.80. The van der Waals surface area contributed by atoms with E-state index in [1.807, 2.05) is 31.2 Å². The van der Waals surface area contributed by atoms with Crippen LogP contribution in [0.25, 0.3) is 0 Å². The fraction of sp³-hybridized carbons (Fsp3) is 0.0952. The lowest BCUT2D eigenvalue weighted by atomic mass is 10.1. The Labute approximate surface area is 157 Å². The summed E-state index contributed by atoms with van der Waals surface area (Å²) in [6.07, 6.45) is 1.50. The highest BCUT2D eigenvalue weighted by molar-refractivity contribution is 7.55. The Morgan fingerprint density at radius 2 is 1.30 bits per heavy atom. The zero-order valence-corrected chi connectivity index (χ0v) is 15.6. The lowest BCUT2D eigenvalue weighted by molar-refractivity contribution is 0.373. The fourth-order valence-corrected chi connectivity index (χ4v) is 4.29. The van der Waals surface area contributed by atoms with Crippen molar-refractivity contribution in [1.29, 1.82) is 0 Å². The van der Waals surface area contributed by atoms with Gasteiger partial charge in [0.2, 0.25) is 11.9 Å². The van der Waals surface area contributed by atoms with E-state index in [1.165, 1.54) is 6.08 Å². The van der Waals surface area contributed by atoms with Crippen LogP contribution in [0.3, 0.4) is 0 Å². The van der Waals surface area contributed by atoms with Gasteiger partial charge in [-0.1, -0.05) is 66.2 Å². The highest BCUT2D eigenvalue weighted by Crippen LogP contribution is 2.60. The molecule has 0 aliphatic heterocycles. The van der Waals surface area contributed by atoms with Crippen molar-refractivity contribution < 1.29 is 18.4 Å². The van der Waals surface area contributed by atoms with E-state index >= 15 is 0 Å². The Bertz CT molecular complexity index is 923. The summed E-state index contributed by atoms with van der Waals surface area (Å²) in [5, 5.41) is 0. The predicted octanol–water partition coefficient (Wildman–Crippen LogP) is 5.68. The summed E-state index contributed by atoms with van der Waals surface area (Å²) in [5.41, 5.74) is 1.56. The lowest BCUT2D eigenvalue weighted by Crippen LogP contribution is -2.09. The van der Waals surface area contributed by atoms with E-state index in [1.54, 1.807) is 60.7 Å². The van der Waals surface area contributed by atoms with Crippen LogP contribution in [0.4, 0.5) is 0 Å². The number of nitrogens with zero attached hydrogens (tertiary/aromatic N) is 1. The molecule has 0 N–H and O–H groups in total. The van der Waals surface area contributed by atoms with Crippen LogP contribution in [0, 0.1) is 6.92 Å². The van der Waals surface area contributed by atoms with Gasteiger partial charge >= 0.3 is 7.60 Å². The molecule has 0 saturated heterocycles. The van der Waals surface area contributed by atoms with Crippen molar-refractivity contribution in [3.8, 4) is 11.5 Å². The van der Waals surface area contributed by atoms with Crippen molar-refractivity contribution in [2.45, 2.75) is 12.7 Å². The van der Waals surface area contributed by atoms with Gasteiger partial charge in [-0.3, -0.25) is 0 Å². The molecule has 0 bridgehead atoms. The number of isocyanates is 1. The van der Waals surface area contributed by atoms with Crippen LogP contribution in [0.2, 0.25) is 0 Å². The summed E-state index contributed by atoms with van der Waals surface area (Å²) < 4.78 is 25.3. The van der Waals surface area contributed by atoms with E-state index in [-0.39, 0.29) is 0 Å². The fourth-order valence-electron chi connectivity index (χ4n) is 2.49. The Morgan fingerprint density at radius 3 is 1.74 bits per heavy atom. The van der Waals surface area contributed by atoms with Crippen LogP contribution in [0.1, 0.15) is 16.9 Å². The predicted molar refractivity (Wildman–Crippen MR) is 104 cm³/mol. The quantitative estimate of drug-likeness (QED) is 0.301. The average Bonchev–Trinajstić information content (AvgIpc) is 2.68. The van der Waals surface area contributed by atoms with Gasteiger partial charge in [-0.2, -0.15) is 4.99 Å². The Hall–Kier alpha value is -3.13. The SMILES string of the molecule is Cc1ccc(C(N=C=O)P(=O)(Oc2ccccc2)Oc2ccccc2)cc1. The minimum Gasteiger partial charge on any atom is -0.414 e. The minimum absolute atomic E-state index is 0.356. The monoisotopic (exact) mass is 379 g/mol. The molecular weight excluding hydrogens is 361 g/mol. The Balaban J connectivity index is 2.06. The molecule has 1 unspecified atom stereocenters. The van der Waals surface area contributed by atoms with Crippen molar-refractivity contribution in [3.63, 3.8) is 0 Å². The van der Waals surface area contributed by atoms with E-state index in [2.05, 4.69) is 4.99 Å². The molecule has 3 aromatic carbocycles. The van der Waals surface area contributed by atoms with Crippen molar-refractivity contribution in [2.75, 3.05) is 0 Å². The van der Waals surface area contributed by atoms with Gasteiger partial charge in [0.25, 0.3) is 0 Å². The van der Waals surface area contributed by atoms with Crippen LogP contribution in [-0.2, 0) is 9.36 Å². The van der Waals surface area contributed by atoms with Crippen LogP contribution >= 0.6 is 7.60 Å². The van der Waals surface area contributed by atoms with Gasteiger partial charge in [-0.15, -0.1) is 0 Å². The molecule has 136 valence electrons. The maximum Gasteiger partial charge on any atom is 0.460 e. The first kappa shape index (κ1) is 18.7. The maximum absolute atomic E-state index is 13.8. The van der Waals surface area contributed by atoms with Gasteiger partial charge < -0.3 is 9.05 Å². The topological polar surface area (TPSA) is 65.0 Å². The largest absolute Gasteiger partial charge is 0.460 e. The molecular formula is C21H18NO4P. The summed E-state index contributed by atoms with van der Waals surface area (Å²) in [7, 11) is -3.96. The molecule has 0 aliphatic rings. The van der Waals surface area contributed by atoms with Crippen molar-refractivity contribution >= 4 is 13.7 Å². The third-order valence-corrected chi connectivity index (χ3v) is 5.75. The number of aliphatic imine (C=N–C) groups is 1. The van der Waals surface area contributed by atoms with Crippen LogP contribution in [0.5, 0.6) is 11.5 Å². The number of carbonyl (C=O) groups excluding carboxylic acids is 1. The number of hydrogen-bond donors (Lipinski definition) is 0. The van der Waals surface area contributed by atoms with Gasteiger partial charge in [0.15, 0.2) is 0 Å². The van der Waals surface area contributed by atoms with Crippen LogP contribution in [-0.4, -0.2) is 6.08 Å². The zero-order chi connectivity index (χ0) is 19.1. The number of benzene rings is 3. The number of hydrogen-bond acceptors (Lipinski definition) is 5. The molecule has 27 heavy (non-hydrogen) atoms. The first-order valence-corrected chi connectivity index (χ1v) is 9.94. The number of aryl methyl sites for hydroxylation is 1. The van der Waals surface area contributed by atoms with Crippen LogP contribution < -0.4 is 9.05 Å². The second-order valence-electron chi connectivity index (χ2n) is 5.85. The van der Waals surface area contributed by atoms with E-state index in [9.17, 15) is 9.36 Å². The van der Waals surface area contributed by atoms with Crippen molar-refractivity contribution in [3.05, 3.63) is 96.1 Å². The standard InChI is InChI=1S/C21H18NO4P/c1-17-12-14-18(15-13-17)21(22-16-23)27(24,25-19-8-4-2-5-9-19)26-20-10-6-3-7-11-20/h2-15,21H,1H3. The van der Waals surface area contributed by atoms with Crippen LogP contribution in [0.15, 0.2) is 89.9 Å². The first-order valence-electron chi connectivity index (χ1n) is 8.33. The lowest BCUT2D eigenvalue weighted by Gasteiger charge is -2.24. The Morgan fingerprint density at radius 1 is 0.815 bits per heavy atom. The first-order chi connectivity index (χ1) is 13.1. The maximum atomic E-state index is 13.8. The van der Waals surface area contributed by atoms with Gasteiger partial charge in [-0.25, -0.2) is 9.36 Å². The second kappa shape index (κ2) is 8.50. The molecule has 0 heterocycles. The van der Waals surface area contributed by atoms with E-state index in [4.69, 9.17) is 9.05 Å². The third kappa shape index (κ3) is 4.73. The van der Waals surface area contributed by atoms with E-state index in [0.717, 1.165) is 5.56 Å². The highest BCUT2D eigenvalue weighted by atomic mass is 31.2. The van der Waals surface area contributed by atoms with E-state index in [0.29, 0.717) is 17.1 Å². The van der Waals surface area contributed by atoms with Gasteiger partial charge in [0.1, 0.15) is 11.5 Å². The molecule has 0 saturated carbocycles. The zero-order valence-electron chi connectivity index (χ0n) is 14.7. The summed E-state index contributed by atoms with van der Waals surface area (Å²) in [4.78, 5) is 14.9. The van der Waals surface area contributed by atoms with Crippen molar-refractivity contribution in [1.82, 2.24) is 0 Å².